The Kier molecular flexibility index (Phi) is 8.17. The Balaban J connectivity index is 1.48. The minimum Gasteiger partial charge on any atom is -0.345 e. The van der Waals surface area contributed by atoms with Crippen LogP contribution in [-0.2, 0) is 23.2 Å². The number of carbonyl (C=O) groups excluding carboxylic acids is 2. The van der Waals surface area contributed by atoms with Gasteiger partial charge in [0.25, 0.3) is 5.69 Å². The van der Waals surface area contributed by atoms with Gasteiger partial charge < -0.3 is 15.2 Å². The van der Waals surface area contributed by atoms with Crippen molar-refractivity contribution in [2.24, 2.45) is 7.05 Å². The second-order valence-electron chi connectivity index (χ2n) is 6.67. The highest BCUT2D eigenvalue weighted by atomic mass is 35.5. The van der Waals surface area contributed by atoms with Gasteiger partial charge in [0.2, 0.25) is 11.8 Å². The summed E-state index contributed by atoms with van der Waals surface area (Å²) in [6, 6.07) is 12.7. The number of hydrogen-bond donors (Lipinski definition) is 2. The van der Waals surface area contributed by atoms with Gasteiger partial charge in [-0.05, 0) is 29.8 Å². The zero-order valence-corrected chi connectivity index (χ0v) is 19.0. The number of thioether (sulfide) groups is 1. The largest absolute Gasteiger partial charge is 0.345 e. The molecule has 2 N–H and O–H groups in total. The number of hydrogen-bond acceptors (Lipinski definition) is 7. The molecule has 0 unspecified atom stereocenters. The number of nitrogens with zero attached hydrogens (tertiary/aromatic N) is 4. The number of benzene rings is 2. The van der Waals surface area contributed by atoms with E-state index in [1.807, 2.05) is 12.1 Å². The molecule has 2 aromatic carbocycles. The molecule has 0 aliphatic carbocycles. The number of aromatic nitrogens is 3. The van der Waals surface area contributed by atoms with E-state index in [2.05, 4.69) is 20.8 Å². The molecule has 0 atom stereocenters. The van der Waals surface area contributed by atoms with Gasteiger partial charge in [0, 0.05) is 36.0 Å². The van der Waals surface area contributed by atoms with Gasteiger partial charge in [-0.3, -0.25) is 19.7 Å². The summed E-state index contributed by atoms with van der Waals surface area (Å²) in [4.78, 5) is 34.4. The zero-order chi connectivity index (χ0) is 23.8. The summed E-state index contributed by atoms with van der Waals surface area (Å²) in [5, 5.41) is 25.2. The van der Waals surface area contributed by atoms with Gasteiger partial charge in [-0.25, -0.2) is 0 Å². The highest BCUT2D eigenvalue weighted by Gasteiger charge is 2.13. The lowest BCUT2D eigenvalue weighted by Gasteiger charge is -2.06. The first kappa shape index (κ1) is 24.0. The molecule has 3 rings (SSSR count). The van der Waals surface area contributed by atoms with Crippen molar-refractivity contribution in [1.82, 2.24) is 20.1 Å². The van der Waals surface area contributed by atoms with Crippen LogP contribution in [0.2, 0.25) is 5.02 Å². The number of nitro benzene ring substituents is 1. The number of non-ortho nitro benzene ring substituents is 1. The van der Waals surface area contributed by atoms with Gasteiger partial charge in [-0.1, -0.05) is 41.6 Å². The number of rotatable bonds is 9. The molecule has 0 spiro atoms. The molecular weight excluding hydrogens is 468 g/mol. The Morgan fingerprint density at radius 1 is 1.18 bits per heavy atom. The third-order valence-electron chi connectivity index (χ3n) is 4.36. The third kappa shape index (κ3) is 6.89. The summed E-state index contributed by atoms with van der Waals surface area (Å²) in [6.07, 6.45) is 3.01. The van der Waals surface area contributed by atoms with Crippen LogP contribution < -0.4 is 10.6 Å². The summed E-state index contributed by atoms with van der Waals surface area (Å²) in [5.41, 5.74) is 1.14. The zero-order valence-electron chi connectivity index (χ0n) is 17.4. The quantitative estimate of drug-likeness (QED) is 0.205. The molecule has 1 aromatic heterocycles. The first-order valence-corrected chi connectivity index (χ1v) is 11.0. The SMILES string of the molecule is Cn1c(CNC(=O)/C=C/c2ccccc2Cl)nnc1SCC(=O)Nc1ccc([N+](=O)[O-])cc1. The minimum atomic E-state index is -0.509. The average molecular weight is 487 g/mol. The van der Waals surface area contributed by atoms with Crippen molar-refractivity contribution < 1.29 is 14.5 Å². The summed E-state index contributed by atoms with van der Waals surface area (Å²) >= 11 is 7.23. The molecule has 0 bridgehead atoms. The van der Waals surface area contributed by atoms with Crippen LogP contribution in [0.1, 0.15) is 11.4 Å². The van der Waals surface area contributed by atoms with E-state index < -0.39 is 4.92 Å². The molecule has 0 aliphatic rings. The van der Waals surface area contributed by atoms with Crippen LogP contribution in [0, 0.1) is 10.1 Å². The van der Waals surface area contributed by atoms with E-state index in [-0.39, 0.29) is 29.8 Å². The van der Waals surface area contributed by atoms with Crippen LogP contribution >= 0.6 is 23.4 Å². The molecule has 33 heavy (non-hydrogen) atoms. The molecule has 0 fully saturated rings. The fraction of sp³-hybridized carbons (Fsp3) is 0.143. The molecule has 2 amide bonds. The van der Waals surface area contributed by atoms with Crippen molar-refractivity contribution in [2.75, 3.05) is 11.1 Å². The van der Waals surface area contributed by atoms with Gasteiger partial charge in [-0.15, -0.1) is 10.2 Å². The molecule has 0 aliphatic heterocycles. The van der Waals surface area contributed by atoms with E-state index in [0.717, 1.165) is 5.56 Å². The van der Waals surface area contributed by atoms with Crippen LogP contribution in [0.4, 0.5) is 11.4 Å². The van der Waals surface area contributed by atoms with Gasteiger partial charge in [0.05, 0.1) is 17.2 Å². The number of halogens is 1. The van der Waals surface area contributed by atoms with Gasteiger partial charge in [0.15, 0.2) is 11.0 Å². The van der Waals surface area contributed by atoms with Crippen molar-refractivity contribution in [3.8, 4) is 0 Å². The average Bonchev–Trinajstić information content (AvgIpc) is 3.15. The van der Waals surface area contributed by atoms with Crippen LogP contribution in [0.3, 0.4) is 0 Å². The van der Waals surface area contributed by atoms with E-state index in [4.69, 9.17) is 11.6 Å². The number of nitro groups is 1. The predicted octanol–water partition coefficient (Wildman–Crippen LogP) is 3.44. The van der Waals surface area contributed by atoms with Crippen molar-refractivity contribution in [3.63, 3.8) is 0 Å². The Bertz CT molecular complexity index is 1200. The molecule has 170 valence electrons. The molecular formula is C21H19ClN6O4S. The van der Waals surface area contributed by atoms with E-state index in [1.54, 1.807) is 29.8 Å². The summed E-state index contributed by atoms with van der Waals surface area (Å²) in [6.45, 7) is 0.157. The lowest BCUT2D eigenvalue weighted by atomic mass is 10.2. The number of amides is 2. The first-order chi connectivity index (χ1) is 15.8. The molecule has 0 saturated heterocycles. The van der Waals surface area contributed by atoms with E-state index in [0.29, 0.717) is 21.7 Å². The molecule has 3 aromatic rings. The third-order valence-corrected chi connectivity index (χ3v) is 5.72. The monoisotopic (exact) mass is 486 g/mol. The summed E-state index contributed by atoms with van der Waals surface area (Å²) in [5.74, 6) is -0.0191. The Morgan fingerprint density at radius 2 is 1.91 bits per heavy atom. The Labute approximate surface area is 198 Å². The standard InChI is InChI=1S/C21H19ClN6O4S/c1-27-18(12-23-19(29)11-6-14-4-2-3-5-17(14)22)25-26-21(27)33-13-20(30)24-15-7-9-16(10-8-15)28(31)32/h2-11H,12-13H2,1H3,(H,23,29)(H,24,30)/b11-6+. The van der Waals surface area contributed by atoms with Crippen LogP contribution in [0.5, 0.6) is 0 Å². The van der Waals surface area contributed by atoms with Gasteiger partial charge in [0.1, 0.15) is 0 Å². The smallest absolute Gasteiger partial charge is 0.269 e. The van der Waals surface area contributed by atoms with Crippen LogP contribution in [0.25, 0.3) is 6.08 Å². The normalized spacial score (nSPS) is 10.8. The lowest BCUT2D eigenvalue weighted by molar-refractivity contribution is -0.384. The minimum absolute atomic E-state index is 0.0552. The number of carbonyl (C=O) groups is 2. The van der Waals surface area contributed by atoms with Gasteiger partial charge in [-0.2, -0.15) is 0 Å². The molecule has 0 saturated carbocycles. The highest BCUT2D eigenvalue weighted by Crippen LogP contribution is 2.19. The number of anilines is 1. The Morgan fingerprint density at radius 3 is 2.61 bits per heavy atom. The maximum absolute atomic E-state index is 12.2. The van der Waals surface area contributed by atoms with E-state index in [1.165, 1.54) is 42.1 Å². The maximum atomic E-state index is 12.2. The lowest BCUT2D eigenvalue weighted by Crippen LogP contribution is -2.22. The van der Waals surface area contributed by atoms with E-state index in [9.17, 15) is 19.7 Å². The fourth-order valence-corrected chi connectivity index (χ4v) is 3.55. The summed E-state index contributed by atoms with van der Waals surface area (Å²) in [7, 11) is 1.73. The van der Waals surface area contributed by atoms with E-state index >= 15 is 0 Å². The van der Waals surface area contributed by atoms with Gasteiger partial charge >= 0.3 is 0 Å². The van der Waals surface area contributed by atoms with Crippen molar-refractivity contribution in [1.29, 1.82) is 0 Å². The first-order valence-electron chi connectivity index (χ1n) is 9.59. The molecule has 0 radical (unpaired) electrons. The topological polar surface area (TPSA) is 132 Å². The second-order valence-corrected chi connectivity index (χ2v) is 8.02. The van der Waals surface area contributed by atoms with Crippen LogP contribution in [-0.4, -0.2) is 37.3 Å². The molecule has 1 heterocycles. The summed E-state index contributed by atoms with van der Waals surface area (Å²) < 4.78 is 1.68. The fourth-order valence-electron chi connectivity index (χ4n) is 2.62. The maximum Gasteiger partial charge on any atom is 0.269 e. The van der Waals surface area contributed by atoms with Crippen LogP contribution in [0.15, 0.2) is 59.8 Å². The predicted molar refractivity (Wildman–Crippen MR) is 126 cm³/mol. The highest BCUT2D eigenvalue weighted by molar-refractivity contribution is 7.99. The van der Waals surface area contributed by atoms with Crippen molar-refractivity contribution in [3.05, 3.63) is 81.1 Å². The molecule has 12 heteroatoms. The Hall–Kier alpha value is -3.70. The van der Waals surface area contributed by atoms with Crippen molar-refractivity contribution in [2.45, 2.75) is 11.7 Å². The second kappa shape index (κ2) is 11.2. The number of nitrogens with one attached hydrogen (secondary N) is 2. The van der Waals surface area contributed by atoms with Crippen molar-refractivity contribution >= 4 is 52.6 Å². The molecule has 10 nitrogen and oxygen atoms in total.